The fourth-order valence-electron chi connectivity index (χ4n) is 8.94. The van der Waals surface area contributed by atoms with Gasteiger partial charge in [-0.1, -0.05) is 97.1 Å². The van der Waals surface area contributed by atoms with Crippen molar-refractivity contribution in [2.24, 2.45) is 0 Å². The molecule has 0 aliphatic carbocycles. The van der Waals surface area contributed by atoms with Gasteiger partial charge in [0, 0.05) is 43.1 Å². The molecule has 0 radical (unpaired) electrons. The smallest absolute Gasteiger partial charge is 0.136 e. The first kappa shape index (κ1) is 31.4. The molecule has 4 aromatic heterocycles. The molecular formula is C54H30O4. The van der Waals surface area contributed by atoms with Gasteiger partial charge >= 0.3 is 0 Å². The molecule has 0 spiro atoms. The Bertz CT molecular complexity index is 3530. The van der Waals surface area contributed by atoms with Gasteiger partial charge in [-0.05, 0) is 129 Å². The van der Waals surface area contributed by atoms with E-state index >= 15 is 0 Å². The molecule has 0 saturated carbocycles. The Kier molecular flexibility index (Phi) is 6.41. The summed E-state index contributed by atoms with van der Waals surface area (Å²) in [6.07, 6.45) is 0. The average Bonchev–Trinajstić information content (AvgIpc) is 4.04. The summed E-state index contributed by atoms with van der Waals surface area (Å²) in [7, 11) is 0. The zero-order chi connectivity index (χ0) is 37.9. The van der Waals surface area contributed by atoms with Crippen molar-refractivity contribution in [1.29, 1.82) is 0 Å². The second kappa shape index (κ2) is 11.8. The summed E-state index contributed by atoms with van der Waals surface area (Å²) in [5.41, 5.74) is 16.0. The standard InChI is InChI=1S/C54H30O4/c1-3-7-31(8-4-1)33-13-19-47-41(23-33)43-25-35(15-21-49(43)55-47)37-11-17-39-45-29-54-46(30-53(45)57-51(39)27-37)40-18-12-38(28-52(40)58-54)36-16-22-50-44(26-36)42-24-34(14-20-48(42)56-50)32-9-5-2-6-10-32/h1-30H. The highest BCUT2D eigenvalue weighted by molar-refractivity contribution is 6.16. The van der Waals surface area contributed by atoms with E-state index in [2.05, 4.69) is 170 Å². The van der Waals surface area contributed by atoms with Crippen molar-refractivity contribution in [3.8, 4) is 44.5 Å². The molecule has 4 heteroatoms. The fourth-order valence-corrected chi connectivity index (χ4v) is 8.94. The quantitative estimate of drug-likeness (QED) is 0.180. The van der Waals surface area contributed by atoms with Gasteiger partial charge in [-0.15, -0.1) is 0 Å². The van der Waals surface area contributed by atoms with Crippen LogP contribution in [0, 0.1) is 0 Å². The molecule has 9 aromatic carbocycles. The van der Waals surface area contributed by atoms with Crippen LogP contribution >= 0.6 is 0 Å². The molecule has 0 unspecified atom stereocenters. The lowest BCUT2D eigenvalue weighted by molar-refractivity contribution is 0.664. The first-order chi connectivity index (χ1) is 28.7. The van der Waals surface area contributed by atoms with Crippen LogP contribution in [0.3, 0.4) is 0 Å². The monoisotopic (exact) mass is 742 g/mol. The molecule has 4 heterocycles. The minimum absolute atomic E-state index is 0.836. The van der Waals surface area contributed by atoms with Crippen molar-refractivity contribution < 1.29 is 17.7 Å². The highest BCUT2D eigenvalue weighted by Crippen LogP contribution is 2.41. The maximum absolute atomic E-state index is 6.58. The van der Waals surface area contributed by atoms with E-state index in [0.717, 1.165) is 110 Å². The Morgan fingerprint density at radius 3 is 0.828 bits per heavy atom. The van der Waals surface area contributed by atoms with Gasteiger partial charge in [0.2, 0.25) is 0 Å². The third-order valence-corrected chi connectivity index (χ3v) is 11.9. The molecular weight excluding hydrogens is 713 g/mol. The molecule has 0 N–H and O–H groups in total. The Morgan fingerprint density at radius 2 is 0.448 bits per heavy atom. The predicted molar refractivity (Wildman–Crippen MR) is 237 cm³/mol. The zero-order valence-corrected chi connectivity index (χ0v) is 31.0. The van der Waals surface area contributed by atoms with Crippen LogP contribution in [0.2, 0.25) is 0 Å². The van der Waals surface area contributed by atoms with Gasteiger partial charge in [0.1, 0.15) is 44.7 Å². The Morgan fingerprint density at radius 1 is 0.172 bits per heavy atom. The number of rotatable bonds is 4. The second-order valence-corrected chi connectivity index (χ2v) is 15.3. The Hall–Kier alpha value is -7.82. The molecule has 0 atom stereocenters. The van der Waals surface area contributed by atoms with Crippen molar-refractivity contribution in [1.82, 2.24) is 0 Å². The Labute approximate surface area is 330 Å². The highest BCUT2D eigenvalue weighted by atomic mass is 16.3. The molecule has 0 aliphatic rings. The van der Waals surface area contributed by atoms with Crippen LogP contribution in [-0.2, 0) is 0 Å². The van der Waals surface area contributed by atoms with Crippen LogP contribution < -0.4 is 0 Å². The molecule has 13 aromatic rings. The van der Waals surface area contributed by atoms with Gasteiger partial charge < -0.3 is 17.7 Å². The molecule has 4 nitrogen and oxygen atoms in total. The van der Waals surface area contributed by atoms with Gasteiger partial charge in [0.05, 0.1) is 0 Å². The van der Waals surface area contributed by atoms with Gasteiger partial charge in [-0.2, -0.15) is 0 Å². The largest absolute Gasteiger partial charge is 0.456 e. The maximum atomic E-state index is 6.58. The van der Waals surface area contributed by atoms with Crippen molar-refractivity contribution in [3.63, 3.8) is 0 Å². The van der Waals surface area contributed by atoms with E-state index in [-0.39, 0.29) is 0 Å². The van der Waals surface area contributed by atoms with Crippen LogP contribution in [0.4, 0.5) is 0 Å². The van der Waals surface area contributed by atoms with Crippen LogP contribution in [0.15, 0.2) is 200 Å². The SMILES string of the molecule is c1ccc(-c2ccc3oc4ccc(-c5ccc6c(c5)oc5cc7c(cc56)oc5cc(-c6ccc8oc9ccc(-c%10ccccc%10)cc9c8c6)ccc57)cc4c3c2)cc1. The van der Waals surface area contributed by atoms with Crippen LogP contribution in [-0.4, -0.2) is 0 Å². The van der Waals surface area contributed by atoms with Gasteiger partial charge in [-0.25, -0.2) is 0 Å². The van der Waals surface area contributed by atoms with Crippen molar-refractivity contribution in [3.05, 3.63) is 182 Å². The van der Waals surface area contributed by atoms with E-state index in [1.54, 1.807) is 0 Å². The summed E-state index contributed by atoms with van der Waals surface area (Å²) in [6.45, 7) is 0. The minimum atomic E-state index is 0.836. The van der Waals surface area contributed by atoms with Crippen molar-refractivity contribution >= 4 is 87.8 Å². The van der Waals surface area contributed by atoms with E-state index in [0.29, 0.717) is 0 Å². The summed E-state index contributed by atoms with van der Waals surface area (Å²) in [4.78, 5) is 0. The summed E-state index contributed by atoms with van der Waals surface area (Å²) in [5.74, 6) is 0. The lowest BCUT2D eigenvalue weighted by atomic mass is 9.99. The molecule has 0 fully saturated rings. The van der Waals surface area contributed by atoms with Gasteiger partial charge in [0.15, 0.2) is 0 Å². The number of benzene rings is 9. The number of fused-ring (bicyclic) bond motifs is 12. The molecule has 0 saturated heterocycles. The van der Waals surface area contributed by atoms with Crippen molar-refractivity contribution in [2.75, 3.05) is 0 Å². The first-order valence-electron chi connectivity index (χ1n) is 19.5. The topological polar surface area (TPSA) is 52.6 Å². The van der Waals surface area contributed by atoms with E-state index in [1.165, 1.54) is 22.3 Å². The van der Waals surface area contributed by atoms with Crippen LogP contribution in [0.1, 0.15) is 0 Å². The fraction of sp³-hybridized carbons (Fsp3) is 0. The Balaban J connectivity index is 0.862. The van der Waals surface area contributed by atoms with Gasteiger partial charge in [-0.3, -0.25) is 0 Å². The molecule has 0 bridgehead atoms. The highest BCUT2D eigenvalue weighted by Gasteiger charge is 2.17. The van der Waals surface area contributed by atoms with E-state index in [4.69, 9.17) is 17.7 Å². The van der Waals surface area contributed by atoms with E-state index in [9.17, 15) is 0 Å². The number of hydrogen-bond acceptors (Lipinski definition) is 4. The molecule has 13 rings (SSSR count). The summed E-state index contributed by atoms with van der Waals surface area (Å²) in [6, 6.07) is 63.8. The molecule has 0 amide bonds. The summed E-state index contributed by atoms with van der Waals surface area (Å²) in [5, 5.41) is 8.58. The van der Waals surface area contributed by atoms with Crippen LogP contribution in [0.5, 0.6) is 0 Å². The van der Waals surface area contributed by atoms with Crippen LogP contribution in [0.25, 0.3) is 132 Å². The van der Waals surface area contributed by atoms with Crippen molar-refractivity contribution in [2.45, 2.75) is 0 Å². The lowest BCUT2D eigenvalue weighted by Crippen LogP contribution is -1.79. The summed E-state index contributed by atoms with van der Waals surface area (Å²) < 4.78 is 25.6. The first-order valence-corrected chi connectivity index (χ1v) is 19.5. The molecule has 0 aliphatic heterocycles. The number of hydrogen-bond donors (Lipinski definition) is 0. The number of furan rings is 4. The zero-order valence-electron chi connectivity index (χ0n) is 31.0. The molecule has 58 heavy (non-hydrogen) atoms. The lowest BCUT2D eigenvalue weighted by Gasteiger charge is -2.03. The second-order valence-electron chi connectivity index (χ2n) is 15.3. The molecule has 270 valence electrons. The summed E-state index contributed by atoms with van der Waals surface area (Å²) >= 11 is 0. The van der Waals surface area contributed by atoms with E-state index in [1.807, 2.05) is 12.1 Å². The average molecular weight is 743 g/mol. The van der Waals surface area contributed by atoms with Gasteiger partial charge in [0.25, 0.3) is 0 Å². The third-order valence-electron chi connectivity index (χ3n) is 11.9. The normalized spacial score (nSPS) is 12.1. The van der Waals surface area contributed by atoms with E-state index < -0.39 is 0 Å². The predicted octanol–water partition coefficient (Wildman–Crippen LogP) is 16.0. The minimum Gasteiger partial charge on any atom is -0.456 e. The third kappa shape index (κ3) is 4.76. The maximum Gasteiger partial charge on any atom is 0.136 e.